The van der Waals surface area contributed by atoms with Crippen molar-refractivity contribution in [3.8, 4) is 0 Å². The molecule has 1 aliphatic rings. The van der Waals surface area contributed by atoms with E-state index in [1.54, 1.807) is 7.05 Å². The molecule has 0 radical (unpaired) electrons. The van der Waals surface area contributed by atoms with Crippen LogP contribution in [0.15, 0.2) is 23.1 Å². The van der Waals surface area contributed by atoms with Gasteiger partial charge in [-0.25, -0.2) is 17.2 Å². The molecule has 0 aromatic heterocycles. The number of nitrogens with one attached hydrogen (secondary N) is 1. The molecule has 1 unspecified atom stereocenters. The Morgan fingerprint density at radius 1 is 1.30 bits per heavy atom. The molecule has 20 heavy (non-hydrogen) atoms. The molecule has 0 amide bonds. The van der Waals surface area contributed by atoms with E-state index in [2.05, 4.69) is 5.32 Å². The normalized spacial score (nSPS) is 21.1. The van der Waals surface area contributed by atoms with Gasteiger partial charge in [-0.3, -0.25) is 0 Å². The molecule has 0 spiro atoms. The van der Waals surface area contributed by atoms with Crippen molar-refractivity contribution >= 4 is 10.0 Å². The van der Waals surface area contributed by atoms with Gasteiger partial charge in [0.2, 0.25) is 10.0 Å². The maximum Gasteiger partial charge on any atom is 0.243 e. The van der Waals surface area contributed by atoms with Crippen LogP contribution in [0.4, 0.5) is 8.78 Å². The van der Waals surface area contributed by atoms with Crippen LogP contribution in [-0.2, 0) is 10.0 Å². The lowest BCUT2D eigenvalue weighted by Gasteiger charge is -2.34. The third kappa shape index (κ3) is 2.99. The zero-order chi connectivity index (χ0) is 14.8. The minimum atomic E-state index is -3.79. The minimum absolute atomic E-state index is 0.146. The van der Waals surface area contributed by atoms with Gasteiger partial charge in [-0.2, -0.15) is 4.31 Å². The van der Waals surface area contributed by atoms with Crippen LogP contribution in [0.5, 0.6) is 0 Å². The van der Waals surface area contributed by atoms with Crippen molar-refractivity contribution in [2.75, 3.05) is 20.1 Å². The van der Waals surface area contributed by atoms with Crippen molar-refractivity contribution in [1.82, 2.24) is 9.62 Å². The van der Waals surface area contributed by atoms with Gasteiger partial charge in [0.25, 0.3) is 0 Å². The monoisotopic (exact) mass is 304 g/mol. The molecule has 7 heteroatoms. The molecule has 1 aromatic carbocycles. The van der Waals surface area contributed by atoms with Gasteiger partial charge in [0, 0.05) is 19.1 Å². The van der Waals surface area contributed by atoms with Crippen LogP contribution < -0.4 is 5.32 Å². The minimum Gasteiger partial charge on any atom is -0.318 e. The number of hydrogen-bond donors (Lipinski definition) is 1. The van der Waals surface area contributed by atoms with Crippen LogP contribution in [0.25, 0.3) is 0 Å². The van der Waals surface area contributed by atoms with E-state index in [9.17, 15) is 17.2 Å². The molecule has 0 bridgehead atoms. The summed E-state index contributed by atoms with van der Waals surface area (Å²) >= 11 is 0. The third-order valence-corrected chi connectivity index (χ3v) is 5.46. The molecule has 0 saturated carbocycles. The van der Waals surface area contributed by atoms with Gasteiger partial charge in [-0.05, 0) is 38.1 Å². The second-order valence-corrected chi connectivity index (χ2v) is 6.79. The predicted octanol–water partition coefficient (Wildman–Crippen LogP) is 1.73. The molecule has 0 aliphatic carbocycles. The summed E-state index contributed by atoms with van der Waals surface area (Å²) < 4.78 is 52.7. The van der Waals surface area contributed by atoms with Crippen LogP contribution in [0.2, 0.25) is 0 Å². The zero-order valence-corrected chi connectivity index (χ0v) is 12.1. The Bertz CT molecular complexity index is 576. The molecule has 2 rings (SSSR count). The van der Waals surface area contributed by atoms with E-state index >= 15 is 0 Å². The van der Waals surface area contributed by atoms with E-state index in [1.807, 2.05) is 0 Å². The number of nitrogens with zero attached hydrogens (tertiary/aromatic N) is 1. The lowest BCUT2D eigenvalue weighted by molar-refractivity contribution is 0.249. The summed E-state index contributed by atoms with van der Waals surface area (Å²) in [6.07, 6.45) is 2.52. The third-order valence-electron chi connectivity index (χ3n) is 3.51. The zero-order valence-electron chi connectivity index (χ0n) is 11.3. The first-order chi connectivity index (χ1) is 9.46. The highest BCUT2D eigenvalue weighted by Crippen LogP contribution is 2.25. The maximum atomic E-state index is 13.3. The first-order valence-electron chi connectivity index (χ1n) is 6.58. The summed E-state index contributed by atoms with van der Waals surface area (Å²) in [5, 5.41) is 2.97. The van der Waals surface area contributed by atoms with Gasteiger partial charge >= 0.3 is 0 Å². The molecule has 1 fully saturated rings. The van der Waals surface area contributed by atoms with Crippen molar-refractivity contribution in [2.24, 2.45) is 0 Å². The highest BCUT2D eigenvalue weighted by Gasteiger charge is 2.33. The summed E-state index contributed by atoms with van der Waals surface area (Å²) in [6.45, 7) is 0.955. The summed E-state index contributed by atoms with van der Waals surface area (Å²) in [5.74, 6) is -2.19. The Balaban J connectivity index is 2.34. The number of rotatable bonds is 4. The standard InChI is InChI=1S/C13H18F2N2O2S/c1-16-9-10-4-2-3-7-17(10)20(18,19)11-5-6-12(14)13(15)8-11/h5-6,8,10,16H,2-4,7,9H2,1H3. The quantitative estimate of drug-likeness (QED) is 0.921. The molecule has 1 atom stereocenters. The van der Waals surface area contributed by atoms with Crippen molar-refractivity contribution in [3.63, 3.8) is 0 Å². The van der Waals surface area contributed by atoms with Crippen molar-refractivity contribution < 1.29 is 17.2 Å². The Labute approximate surface area is 117 Å². The largest absolute Gasteiger partial charge is 0.318 e. The average Bonchev–Trinajstić information content (AvgIpc) is 2.42. The number of sulfonamides is 1. The molecule has 112 valence electrons. The number of piperidine rings is 1. The Kier molecular flexibility index (Phi) is 4.72. The average molecular weight is 304 g/mol. The fourth-order valence-electron chi connectivity index (χ4n) is 2.50. The van der Waals surface area contributed by atoms with Crippen molar-refractivity contribution in [3.05, 3.63) is 29.8 Å². The second kappa shape index (κ2) is 6.15. The fourth-order valence-corrected chi connectivity index (χ4v) is 4.21. The molecular formula is C13H18F2N2O2S. The summed E-state index contributed by atoms with van der Waals surface area (Å²) in [5.41, 5.74) is 0. The number of halogens is 2. The molecule has 1 aromatic rings. The van der Waals surface area contributed by atoms with Crippen LogP contribution in [-0.4, -0.2) is 38.9 Å². The fraction of sp³-hybridized carbons (Fsp3) is 0.538. The topological polar surface area (TPSA) is 49.4 Å². The first-order valence-corrected chi connectivity index (χ1v) is 8.02. The van der Waals surface area contributed by atoms with E-state index in [1.165, 1.54) is 4.31 Å². The summed E-state index contributed by atoms with van der Waals surface area (Å²) in [7, 11) is -2.03. The van der Waals surface area contributed by atoms with Gasteiger partial charge in [-0.15, -0.1) is 0 Å². The van der Waals surface area contributed by atoms with Crippen LogP contribution in [0, 0.1) is 11.6 Å². The molecule has 1 saturated heterocycles. The maximum absolute atomic E-state index is 13.3. The highest BCUT2D eigenvalue weighted by molar-refractivity contribution is 7.89. The van der Waals surface area contributed by atoms with Crippen molar-refractivity contribution in [2.45, 2.75) is 30.2 Å². The second-order valence-electron chi connectivity index (χ2n) is 4.90. The molecular weight excluding hydrogens is 286 g/mol. The molecule has 1 aliphatic heterocycles. The molecule has 1 N–H and O–H groups in total. The van der Waals surface area contributed by atoms with E-state index < -0.39 is 21.7 Å². The van der Waals surface area contributed by atoms with E-state index in [0.717, 1.165) is 37.5 Å². The van der Waals surface area contributed by atoms with Gasteiger partial charge < -0.3 is 5.32 Å². The lowest BCUT2D eigenvalue weighted by atomic mass is 10.1. The lowest BCUT2D eigenvalue weighted by Crippen LogP contribution is -2.47. The SMILES string of the molecule is CNCC1CCCCN1S(=O)(=O)c1ccc(F)c(F)c1. The van der Waals surface area contributed by atoms with Gasteiger partial charge in [0.1, 0.15) is 0 Å². The molecule has 1 heterocycles. The predicted molar refractivity (Wildman–Crippen MR) is 71.8 cm³/mol. The first kappa shape index (κ1) is 15.3. The van der Waals surface area contributed by atoms with Crippen LogP contribution in [0.3, 0.4) is 0 Å². The van der Waals surface area contributed by atoms with Gasteiger partial charge in [0.05, 0.1) is 4.90 Å². The Morgan fingerprint density at radius 3 is 2.70 bits per heavy atom. The summed E-state index contributed by atoms with van der Waals surface area (Å²) in [6, 6.07) is 2.56. The van der Waals surface area contributed by atoms with Crippen molar-refractivity contribution in [1.29, 1.82) is 0 Å². The highest BCUT2D eigenvalue weighted by atomic mass is 32.2. The van der Waals surface area contributed by atoms with Crippen LogP contribution >= 0.6 is 0 Å². The molecule has 4 nitrogen and oxygen atoms in total. The van der Waals surface area contributed by atoms with E-state index in [4.69, 9.17) is 0 Å². The van der Waals surface area contributed by atoms with Gasteiger partial charge in [-0.1, -0.05) is 6.42 Å². The smallest absolute Gasteiger partial charge is 0.243 e. The number of likely N-dealkylation sites (N-methyl/N-ethyl adjacent to an activating group) is 1. The summed E-state index contributed by atoms with van der Waals surface area (Å²) in [4.78, 5) is -0.195. The number of benzene rings is 1. The Hall–Kier alpha value is -1.05. The van der Waals surface area contributed by atoms with Crippen LogP contribution in [0.1, 0.15) is 19.3 Å². The van der Waals surface area contributed by atoms with E-state index in [0.29, 0.717) is 13.1 Å². The van der Waals surface area contributed by atoms with E-state index in [-0.39, 0.29) is 10.9 Å². The van der Waals surface area contributed by atoms with Gasteiger partial charge in [0.15, 0.2) is 11.6 Å². The number of hydrogen-bond acceptors (Lipinski definition) is 3. The Morgan fingerprint density at radius 2 is 2.05 bits per heavy atom.